The van der Waals surface area contributed by atoms with Crippen LogP contribution in [-0.2, 0) is 9.47 Å². The monoisotopic (exact) mass is 252 g/mol. The van der Waals surface area contributed by atoms with Crippen molar-refractivity contribution < 1.29 is 14.0 Å². The van der Waals surface area contributed by atoms with Crippen LogP contribution in [0.2, 0.25) is 0 Å². The Kier molecular flexibility index (Phi) is 3.32. The van der Waals surface area contributed by atoms with Crippen LogP contribution in [0, 0.1) is 0 Å². The topological polar surface area (TPSA) is 27.7 Å². The highest BCUT2D eigenvalue weighted by Crippen LogP contribution is 2.52. The third-order valence-corrected chi connectivity index (χ3v) is 5.13. The van der Waals surface area contributed by atoms with Crippen LogP contribution in [0.4, 0.5) is 0 Å². The molecule has 2 aliphatic rings. The Balaban J connectivity index is 1.77. The van der Waals surface area contributed by atoms with E-state index < -0.39 is 0 Å². The van der Waals surface area contributed by atoms with Crippen molar-refractivity contribution in [3.63, 3.8) is 0 Å². The SMILES string of the molecule is CP(Oc1ccccc1C1OCCO1)C1CC1. The van der Waals surface area contributed by atoms with Gasteiger partial charge in [0.1, 0.15) is 5.75 Å². The Hall–Kier alpha value is -0.630. The molecule has 1 saturated carbocycles. The fourth-order valence-corrected chi connectivity index (χ4v) is 3.47. The number of rotatable bonds is 4. The third-order valence-electron chi connectivity index (χ3n) is 3.10. The van der Waals surface area contributed by atoms with Crippen LogP contribution in [0.25, 0.3) is 0 Å². The second-order valence-electron chi connectivity index (χ2n) is 4.48. The van der Waals surface area contributed by atoms with Gasteiger partial charge in [0.25, 0.3) is 0 Å². The first-order valence-electron chi connectivity index (χ1n) is 6.07. The summed E-state index contributed by atoms with van der Waals surface area (Å²) in [7, 11) is -0.346. The number of hydrogen-bond donors (Lipinski definition) is 0. The summed E-state index contributed by atoms with van der Waals surface area (Å²) in [5.74, 6) is 0.930. The molecule has 0 radical (unpaired) electrons. The molecule has 0 spiro atoms. The molecule has 0 aromatic heterocycles. The predicted octanol–water partition coefficient (Wildman–Crippen LogP) is 3.30. The third kappa shape index (κ3) is 2.62. The zero-order valence-corrected chi connectivity index (χ0v) is 10.9. The maximum absolute atomic E-state index is 6.09. The molecule has 1 aliphatic carbocycles. The quantitative estimate of drug-likeness (QED) is 0.769. The molecule has 3 nitrogen and oxygen atoms in total. The Morgan fingerprint density at radius 1 is 1.18 bits per heavy atom. The summed E-state index contributed by atoms with van der Waals surface area (Å²) in [6, 6.07) is 8.05. The summed E-state index contributed by atoms with van der Waals surface area (Å²) < 4.78 is 17.2. The second kappa shape index (κ2) is 4.93. The van der Waals surface area contributed by atoms with Crippen molar-refractivity contribution >= 4 is 8.15 Å². The van der Waals surface area contributed by atoms with Crippen molar-refractivity contribution in [2.45, 2.75) is 24.8 Å². The van der Waals surface area contributed by atoms with Gasteiger partial charge in [-0.15, -0.1) is 0 Å². The lowest BCUT2D eigenvalue weighted by molar-refractivity contribution is -0.0449. The van der Waals surface area contributed by atoms with E-state index in [2.05, 4.69) is 6.66 Å². The first kappa shape index (κ1) is 11.5. The van der Waals surface area contributed by atoms with E-state index in [1.807, 2.05) is 24.3 Å². The van der Waals surface area contributed by atoms with Crippen LogP contribution in [0.1, 0.15) is 24.7 Å². The average Bonchev–Trinajstić information content (AvgIpc) is 3.06. The molecule has 1 heterocycles. The van der Waals surface area contributed by atoms with Gasteiger partial charge in [0.05, 0.1) is 26.9 Å². The molecule has 1 saturated heterocycles. The van der Waals surface area contributed by atoms with E-state index in [0.717, 1.165) is 17.0 Å². The molecule has 1 aromatic carbocycles. The second-order valence-corrected chi connectivity index (χ2v) is 6.49. The first-order valence-corrected chi connectivity index (χ1v) is 7.85. The summed E-state index contributed by atoms with van der Waals surface area (Å²) in [5, 5.41) is 0. The van der Waals surface area contributed by atoms with Gasteiger partial charge in [0, 0.05) is 5.66 Å². The van der Waals surface area contributed by atoms with Gasteiger partial charge in [0.2, 0.25) is 0 Å². The minimum Gasteiger partial charge on any atom is -0.474 e. The van der Waals surface area contributed by atoms with Crippen LogP contribution in [0.5, 0.6) is 5.75 Å². The Bertz CT molecular complexity index is 386. The summed E-state index contributed by atoms with van der Waals surface area (Å²) in [6.07, 6.45) is 2.40. The lowest BCUT2D eigenvalue weighted by Gasteiger charge is -2.18. The number of ether oxygens (including phenoxy) is 2. The number of benzene rings is 1. The summed E-state index contributed by atoms with van der Waals surface area (Å²) >= 11 is 0. The number of para-hydroxylation sites is 1. The zero-order valence-electron chi connectivity index (χ0n) is 9.96. The van der Waals surface area contributed by atoms with Gasteiger partial charge < -0.3 is 14.0 Å². The normalized spacial score (nSPS) is 22.6. The van der Waals surface area contributed by atoms with Crippen molar-refractivity contribution in [3.8, 4) is 5.75 Å². The first-order chi connectivity index (χ1) is 8.34. The molecule has 17 heavy (non-hydrogen) atoms. The smallest absolute Gasteiger partial charge is 0.187 e. The van der Waals surface area contributed by atoms with E-state index in [0.29, 0.717) is 13.2 Å². The molecule has 92 valence electrons. The molecule has 4 heteroatoms. The van der Waals surface area contributed by atoms with E-state index in [9.17, 15) is 0 Å². The van der Waals surface area contributed by atoms with Gasteiger partial charge in [-0.05, 0) is 25.6 Å². The molecule has 1 unspecified atom stereocenters. The van der Waals surface area contributed by atoms with Gasteiger partial charge >= 0.3 is 0 Å². The van der Waals surface area contributed by atoms with Crippen molar-refractivity contribution in [1.29, 1.82) is 0 Å². The van der Waals surface area contributed by atoms with E-state index in [-0.39, 0.29) is 14.4 Å². The van der Waals surface area contributed by atoms with E-state index in [1.54, 1.807) is 0 Å². The van der Waals surface area contributed by atoms with E-state index in [1.165, 1.54) is 12.8 Å². The Morgan fingerprint density at radius 2 is 1.88 bits per heavy atom. The molecule has 1 aromatic rings. The summed E-state index contributed by atoms with van der Waals surface area (Å²) in [4.78, 5) is 0. The van der Waals surface area contributed by atoms with Gasteiger partial charge in [-0.2, -0.15) is 0 Å². The molecule has 0 N–H and O–H groups in total. The lowest BCUT2D eigenvalue weighted by atomic mass is 10.2. The fourth-order valence-electron chi connectivity index (χ4n) is 1.96. The highest BCUT2D eigenvalue weighted by atomic mass is 31.1. The van der Waals surface area contributed by atoms with Gasteiger partial charge in [-0.1, -0.05) is 18.2 Å². The van der Waals surface area contributed by atoms with Crippen LogP contribution in [0.3, 0.4) is 0 Å². The Morgan fingerprint density at radius 3 is 2.59 bits per heavy atom. The molecule has 2 fully saturated rings. The summed E-state index contributed by atoms with van der Waals surface area (Å²) in [5.41, 5.74) is 1.82. The van der Waals surface area contributed by atoms with Gasteiger partial charge in [-0.3, -0.25) is 0 Å². The highest BCUT2D eigenvalue weighted by molar-refractivity contribution is 7.53. The van der Waals surface area contributed by atoms with Crippen molar-refractivity contribution in [1.82, 2.24) is 0 Å². The van der Waals surface area contributed by atoms with E-state index in [4.69, 9.17) is 14.0 Å². The van der Waals surface area contributed by atoms with Gasteiger partial charge in [0.15, 0.2) is 6.29 Å². The van der Waals surface area contributed by atoms with Crippen LogP contribution in [-0.4, -0.2) is 25.5 Å². The molecular formula is C13H17O3P. The Labute approximate surface area is 103 Å². The molecule has 0 bridgehead atoms. The lowest BCUT2D eigenvalue weighted by Crippen LogP contribution is -2.01. The average molecular weight is 252 g/mol. The van der Waals surface area contributed by atoms with Crippen molar-refractivity contribution in [3.05, 3.63) is 29.8 Å². The van der Waals surface area contributed by atoms with Crippen LogP contribution in [0.15, 0.2) is 24.3 Å². The van der Waals surface area contributed by atoms with Crippen molar-refractivity contribution in [2.75, 3.05) is 19.9 Å². The summed E-state index contributed by atoms with van der Waals surface area (Å²) in [6.45, 7) is 3.55. The molecule has 3 rings (SSSR count). The van der Waals surface area contributed by atoms with Crippen LogP contribution >= 0.6 is 8.15 Å². The predicted molar refractivity (Wildman–Crippen MR) is 67.6 cm³/mol. The maximum atomic E-state index is 6.09. The molecule has 1 atom stereocenters. The van der Waals surface area contributed by atoms with Gasteiger partial charge in [-0.25, -0.2) is 0 Å². The van der Waals surface area contributed by atoms with E-state index >= 15 is 0 Å². The minimum absolute atomic E-state index is 0.242. The number of hydrogen-bond acceptors (Lipinski definition) is 3. The van der Waals surface area contributed by atoms with Crippen LogP contribution < -0.4 is 4.52 Å². The highest BCUT2D eigenvalue weighted by Gasteiger charge is 2.31. The largest absolute Gasteiger partial charge is 0.474 e. The zero-order chi connectivity index (χ0) is 11.7. The molecular weight excluding hydrogens is 235 g/mol. The minimum atomic E-state index is -0.346. The molecule has 1 aliphatic heterocycles. The fraction of sp³-hybridized carbons (Fsp3) is 0.538. The maximum Gasteiger partial charge on any atom is 0.187 e. The molecule has 0 amide bonds. The van der Waals surface area contributed by atoms with Crippen molar-refractivity contribution in [2.24, 2.45) is 0 Å². The standard InChI is InChI=1S/C13H17O3P/c1-17(10-6-7-10)16-12-5-3-2-4-11(12)13-14-8-9-15-13/h2-5,10,13H,6-9H2,1H3.